The standard InChI is InChI=1S/C22H34BrFO2/c1-20(26)8-6-13-14(10-20)17(24)11-22(3)15(13)7-9-21(2)16(18(25)12-23)4-5-19(21)22/h13-17,19,26H,4-12H2,1-3H3/t13-,14-,15+,16+,17+,19+,20+,21+,22+/m0/s1. The van der Waals surface area contributed by atoms with Crippen molar-refractivity contribution in [1.29, 1.82) is 0 Å². The smallest absolute Gasteiger partial charge is 0.147 e. The van der Waals surface area contributed by atoms with Gasteiger partial charge in [-0.2, -0.15) is 0 Å². The predicted octanol–water partition coefficient (Wildman–Crippen LogP) is 5.31. The van der Waals surface area contributed by atoms with Crippen molar-refractivity contribution < 1.29 is 14.3 Å². The zero-order valence-electron chi connectivity index (χ0n) is 16.4. The molecule has 4 heteroatoms. The number of fused-ring (bicyclic) bond motifs is 5. The first-order valence-electron chi connectivity index (χ1n) is 10.6. The van der Waals surface area contributed by atoms with Gasteiger partial charge in [0.25, 0.3) is 0 Å². The van der Waals surface area contributed by atoms with E-state index in [9.17, 15) is 9.90 Å². The molecular formula is C22H34BrFO2. The summed E-state index contributed by atoms with van der Waals surface area (Å²) in [4.78, 5) is 12.6. The Labute approximate surface area is 165 Å². The minimum absolute atomic E-state index is 0.0120. The fraction of sp³-hybridized carbons (Fsp3) is 0.955. The molecule has 1 N–H and O–H groups in total. The summed E-state index contributed by atoms with van der Waals surface area (Å²) < 4.78 is 15.4. The highest BCUT2D eigenvalue weighted by Crippen LogP contribution is 2.70. The van der Waals surface area contributed by atoms with Crippen molar-refractivity contribution in [2.45, 2.75) is 83.9 Å². The van der Waals surface area contributed by atoms with Gasteiger partial charge in [-0.1, -0.05) is 29.8 Å². The van der Waals surface area contributed by atoms with Crippen LogP contribution in [-0.2, 0) is 4.79 Å². The van der Waals surface area contributed by atoms with Gasteiger partial charge in [0.15, 0.2) is 0 Å². The highest BCUT2D eigenvalue weighted by atomic mass is 79.9. The first-order chi connectivity index (χ1) is 12.1. The normalized spacial score (nSPS) is 56.4. The lowest BCUT2D eigenvalue weighted by Gasteiger charge is -2.63. The second kappa shape index (κ2) is 6.27. The van der Waals surface area contributed by atoms with Crippen molar-refractivity contribution in [2.75, 3.05) is 5.33 Å². The minimum Gasteiger partial charge on any atom is -0.390 e. The van der Waals surface area contributed by atoms with Gasteiger partial charge < -0.3 is 5.11 Å². The maximum Gasteiger partial charge on any atom is 0.147 e. The molecule has 9 atom stereocenters. The summed E-state index contributed by atoms with van der Waals surface area (Å²) in [6.45, 7) is 6.55. The van der Waals surface area contributed by atoms with E-state index in [0.717, 1.165) is 38.5 Å². The van der Waals surface area contributed by atoms with Crippen LogP contribution in [0.25, 0.3) is 0 Å². The molecule has 2 nitrogen and oxygen atoms in total. The summed E-state index contributed by atoms with van der Waals surface area (Å²) in [5.41, 5.74) is -0.635. The van der Waals surface area contributed by atoms with Gasteiger partial charge in [0.2, 0.25) is 0 Å². The van der Waals surface area contributed by atoms with Crippen LogP contribution in [0.1, 0.15) is 72.1 Å². The van der Waals surface area contributed by atoms with Crippen LogP contribution in [0, 0.1) is 40.4 Å². The molecule has 4 aliphatic rings. The lowest BCUT2D eigenvalue weighted by Crippen LogP contribution is -2.59. The molecule has 0 aliphatic heterocycles. The van der Waals surface area contributed by atoms with Gasteiger partial charge >= 0.3 is 0 Å². The molecule has 26 heavy (non-hydrogen) atoms. The Morgan fingerprint density at radius 2 is 1.77 bits per heavy atom. The van der Waals surface area contributed by atoms with Gasteiger partial charge in [0.1, 0.15) is 12.0 Å². The van der Waals surface area contributed by atoms with Crippen LogP contribution < -0.4 is 0 Å². The van der Waals surface area contributed by atoms with Crippen LogP contribution in [0.2, 0.25) is 0 Å². The van der Waals surface area contributed by atoms with Crippen molar-refractivity contribution in [1.82, 2.24) is 0 Å². The quantitative estimate of drug-likeness (QED) is 0.605. The molecule has 148 valence electrons. The number of aliphatic hydroxyl groups is 1. The number of rotatable bonds is 2. The number of carbonyl (C=O) groups excluding carboxylic acids is 1. The van der Waals surface area contributed by atoms with Crippen molar-refractivity contribution >= 4 is 21.7 Å². The Morgan fingerprint density at radius 3 is 2.46 bits per heavy atom. The van der Waals surface area contributed by atoms with Crippen LogP contribution in [0.3, 0.4) is 0 Å². The summed E-state index contributed by atoms with van der Waals surface area (Å²) in [5.74, 6) is 1.96. The third kappa shape index (κ3) is 2.68. The summed E-state index contributed by atoms with van der Waals surface area (Å²) in [5, 5.41) is 10.9. The molecule has 0 heterocycles. The monoisotopic (exact) mass is 428 g/mol. The molecule has 0 unspecified atom stereocenters. The maximum atomic E-state index is 15.4. The van der Waals surface area contributed by atoms with Gasteiger partial charge in [-0.25, -0.2) is 4.39 Å². The number of hydrogen-bond donors (Lipinski definition) is 1. The second-order valence-corrected chi connectivity index (χ2v) is 11.3. The summed E-state index contributed by atoms with van der Waals surface area (Å²) in [6.07, 6.45) is 6.52. The van der Waals surface area contributed by atoms with Crippen molar-refractivity contribution in [3.05, 3.63) is 0 Å². The van der Waals surface area contributed by atoms with Crippen LogP contribution in [0.15, 0.2) is 0 Å². The topological polar surface area (TPSA) is 37.3 Å². The van der Waals surface area contributed by atoms with Gasteiger partial charge in [-0.15, -0.1) is 0 Å². The van der Waals surface area contributed by atoms with E-state index >= 15 is 4.39 Å². The summed E-state index contributed by atoms with van der Waals surface area (Å²) in [7, 11) is 0. The number of alkyl halides is 2. The molecule has 0 spiro atoms. The molecular weight excluding hydrogens is 395 g/mol. The molecule has 4 aliphatic carbocycles. The summed E-state index contributed by atoms with van der Waals surface area (Å²) >= 11 is 3.38. The molecule has 0 saturated heterocycles. The van der Waals surface area contributed by atoms with E-state index in [4.69, 9.17) is 0 Å². The van der Waals surface area contributed by atoms with E-state index in [1.807, 2.05) is 6.92 Å². The largest absolute Gasteiger partial charge is 0.390 e. The van der Waals surface area contributed by atoms with Crippen molar-refractivity contribution in [3.63, 3.8) is 0 Å². The zero-order valence-corrected chi connectivity index (χ0v) is 18.0. The van der Waals surface area contributed by atoms with E-state index in [0.29, 0.717) is 41.7 Å². The fourth-order valence-electron chi connectivity index (χ4n) is 8.26. The van der Waals surface area contributed by atoms with Crippen LogP contribution in [0.4, 0.5) is 4.39 Å². The van der Waals surface area contributed by atoms with E-state index in [-0.39, 0.29) is 22.7 Å². The number of Topliss-reactive ketones (excluding diaryl/α,β-unsaturated/α-hetero) is 1. The zero-order chi connectivity index (χ0) is 18.9. The van der Waals surface area contributed by atoms with E-state index in [1.54, 1.807) is 0 Å². The first-order valence-corrected chi connectivity index (χ1v) is 11.7. The first kappa shape index (κ1) is 19.4. The maximum absolute atomic E-state index is 15.4. The van der Waals surface area contributed by atoms with Crippen LogP contribution in [-0.4, -0.2) is 28.0 Å². The minimum atomic E-state index is -0.804. The molecule has 0 aromatic carbocycles. The molecule has 0 bridgehead atoms. The molecule has 4 fully saturated rings. The fourth-order valence-corrected chi connectivity index (χ4v) is 8.65. The van der Waals surface area contributed by atoms with E-state index < -0.39 is 11.8 Å². The van der Waals surface area contributed by atoms with Crippen molar-refractivity contribution in [3.8, 4) is 0 Å². The molecule has 0 amide bonds. The third-order valence-electron chi connectivity index (χ3n) is 9.35. The average Bonchev–Trinajstić information content (AvgIpc) is 2.92. The highest BCUT2D eigenvalue weighted by Gasteiger charge is 2.65. The number of halogens is 2. The van der Waals surface area contributed by atoms with E-state index in [1.165, 1.54) is 0 Å². The summed E-state index contributed by atoms with van der Waals surface area (Å²) in [6, 6.07) is 0. The highest BCUT2D eigenvalue weighted by molar-refractivity contribution is 9.09. The number of carbonyl (C=O) groups is 1. The Balaban J connectivity index is 1.65. The second-order valence-electron chi connectivity index (χ2n) is 10.7. The SMILES string of the molecule is C[C@@]1(O)CC[C@H]2[C@H](C1)[C@H](F)C[C@@]1(C)[C@@H]3CC[C@H](C(=O)CBr)[C@@]3(C)CC[C@H]21. The Bertz CT molecular complexity index is 593. The lowest BCUT2D eigenvalue weighted by molar-refractivity contribution is -0.170. The predicted molar refractivity (Wildman–Crippen MR) is 105 cm³/mol. The molecule has 0 radical (unpaired) electrons. The third-order valence-corrected chi connectivity index (χ3v) is 9.90. The molecule has 0 aromatic rings. The Kier molecular flexibility index (Phi) is 4.67. The Morgan fingerprint density at radius 1 is 1.04 bits per heavy atom. The average molecular weight is 429 g/mol. The molecule has 0 aromatic heterocycles. The van der Waals surface area contributed by atoms with Gasteiger partial charge in [0, 0.05) is 5.92 Å². The van der Waals surface area contributed by atoms with E-state index in [2.05, 4.69) is 29.8 Å². The van der Waals surface area contributed by atoms with Gasteiger partial charge in [-0.05, 0) is 92.8 Å². The molecule has 4 saturated carbocycles. The number of ketones is 1. The lowest BCUT2D eigenvalue weighted by atomic mass is 9.42. The van der Waals surface area contributed by atoms with Crippen LogP contribution in [0.5, 0.6) is 0 Å². The van der Waals surface area contributed by atoms with Gasteiger partial charge in [-0.3, -0.25) is 4.79 Å². The van der Waals surface area contributed by atoms with Gasteiger partial charge in [0.05, 0.1) is 10.9 Å². The van der Waals surface area contributed by atoms with Crippen LogP contribution >= 0.6 is 15.9 Å². The number of hydrogen-bond acceptors (Lipinski definition) is 2. The Hall–Kier alpha value is 0.0400. The molecule has 4 rings (SSSR count). The van der Waals surface area contributed by atoms with Crippen molar-refractivity contribution in [2.24, 2.45) is 40.4 Å².